The van der Waals surface area contributed by atoms with E-state index in [4.69, 9.17) is 27.9 Å². The molecule has 0 atom stereocenters. The molecule has 6 heteroatoms. The first-order valence-electron chi connectivity index (χ1n) is 9.02. The molecule has 0 saturated heterocycles. The van der Waals surface area contributed by atoms with Crippen LogP contribution >= 0.6 is 23.2 Å². The molecular weight excluding hydrogens is 385 g/mol. The van der Waals surface area contributed by atoms with Gasteiger partial charge >= 0.3 is 5.97 Å². The molecule has 0 aliphatic carbocycles. The van der Waals surface area contributed by atoms with Crippen LogP contribution in [0.1, 0.15) is 49.9 Å². The molecule has 0 aliphatic heterocycles. The third-order valence-electron chi connectivity index (χ3n) is 4.09. The number of amides is 1. The summed E-state index contributed by atoms with van der Waals surface area (Å²) >= 11 is 12.0. The van der Waals surface area contributed by atoms with Gasteiger partial charge in [-0.3, -0.25) is 9.59 Å². The molecule has 0 spiro atoms. The van der Waals surface area contributed by atoms with Crippen molar-refractivity contribution >= 4 is 40.8 Å². The zero-order valence-electron chi connectivity index (χ0n) is 15.4. The van der Waals surface area contributed by atoms with Crippen LogP contribution in [0.25, 0.3) is 0 Å². The zero-order valence-corrected chi connectivity index (χ0v) is 16.9. The van der Waals surface area contributed by atoms with E-state index in [1.165, 1.54) is 6.07 Å². The number of ether oxygens (including phenoxy) is 1. The lowest BCUT2D eigenvalue weighted by atomic mass is 9.98. The molecule has 1 N–H and O–H groups in total. The maximum Gasteiger partial charge on any atom is 0.314 e. The highest BCUT2D eigenvalue weighted by Crippen LogP contribution is 2.27. The Kier molecular flexibility index (Phi) is 8.14. The first kappa shape index (κ1) is 21.3. The SMILES string of the molecule is CCCC(CCC)C(=O)Oc1ccc(Cl)cc1C(=O)Nc1cccc(Cl)c1. The largest absolute Gasteiger partial charge is 0.425 e. The van der Waals surface area contributed by atoms with Crippen LogP contribution in [0.5, 0.6) is 5.75 Å². The quantitative estimate of drug-likeness (QED) is 0.408. The smallest absolute Gasteiger partial charge is 0.314 e. The molecule has 4 nitrogen and oxygen atoms in total. The lowest BCUT2D eigenvalue weighted by molar-refractivity contribution is -0.139. The standard InChI is InChI=1S/C21H23Cl2NO3/c1-3-6-14(7-4-2)21(26)27-19-11-10-16(23)13-18(19)20(25)24-17-9-5-8-15(22)12-17/h5,8-14H,3-4,6-7H2,1-2H3,(H,24,25). The predicted octanol–water partition coefficient (Wildman–Crippen LogP) is 6.37. The summed E-state index contributed by atoms with van der Waals surface area (Å²) < 4.78 is 5.57. The van der Waals surface area contributed by atoms with Crippen LogP contribution in [0.15, 0.2) is 42.5 Å². The van der Waals surface area contributed by atoms with Gasteiger partial charge in [0.25, 0.3) is 5.91 Å². The Morgan fingerprint density at radius 1 is 1.00 bits per heavy atom. The summed E-state index contributed by atoms with van der Waals surface area (Å²) in [6.45, 7) is 4.06. The van der Waals surface area contributed by atoms with E-state index in [1.54, 1.807) is 36.4 Å². The Balaban J connectivity index is 2.23. The number of nitrogens with one attached hydrogen (secondary N) is 1. The first-order valence-corrected chi connectivity index (χ1v) is 9.78. The minimum absolute atomic E-state index is 0.181. The number of carbonyl (C=O) groups excluding carboxylic acids is 2. The lowest BCUT2D eigenvalue weighted by Crippen LogP contribution is -2.22. The van der Waals surface area contributed by atoms with Gasteiger partial charge in [-0.2, -0.15) is 0 Å². The monoisotopic (exact) mass is 407 g/mol. The van der Waals surface area contributed by atoms with E-state index >= 15 is 0 Å². The molecule has 2 aromatic carbocycles. The van der Waals surface area contributed by atoms with Crippen molar-refractivity contribution < 1.29 is 14.3 Å². The molecular formula is C21H23Cl2NO3. The van der Waals surface area contributed by atoms with Gasteiger partial charge in [0, 0.05) is 15.7 Å². The van der Waals surface area contributed by atoms with Crippen LogP contribution in [0.3, 0.4) is 0 Å². The van der Waals surface area contributed by atoms with Crippen LogP contribution in [0, 0.1) is 5.92 Å². The lowest BCUT2D eigenvalue weighted by Gasteiger charge is -2.16. The highest BCUT2D eigenvalue weighted by Gasteiger charge is 2.22. The van der Waals surface area contributed by atoms with Crippen LogP contribution in [-0.4, -0.2) is 11.9 Å². The molecule has 0 radical (unpaired) electrons. The van der Waals surface area contributed by atoms with Crippen molar-refractivity contribution in [1.82, 2.24) is 0 Å². The molecule has 2 rings (SSSR count). The summed E-state index contributed by atoms with van der Waals surface area (Å²) in [5, 5.41) is 3.63. The second kappa shape index (κ2) is 10.3. The third-order valence-corrected chi connectivity index (χ3v) is 4.56. The van der Waals surface area contributed by atoms with Crippen LogP contribution in [-0.2, 0) is 4.79 Å². The Morgan fingerprint density at radius 3 is 2.30 bits per heavy atom. The predicted molar refractivity (Wildman–Crippen MR) is 110 cm³/mol. The molecule has 1 amide bonds. The van der Waals surface area contributed by atoms with Gasteiger partial charge in [-0.25, -0.2) is 0 Å². The minimum atomic E-state index is -0.426. The van der Waals surface area contributed by atoms with Gasteiger partial charge in [0.15, 0.2) is 0 Å². The van der Waals surface area contributed by atoms with E-state index < -0.39 is 5.91 Å². The maximum absolute atomic E-state index is 12.7. The average molecular weight is 408 g/mol. The van der Waals surface area contributed by atoms with Crippen molar-refractivity contribution in [3.8, 4) is 5.75 Å². The van der Waals surface area contributed by atoms with Crippen molar-refractivity contribution in [3.05, 3.63) is 58.1 Å². The van der Waals surface area contributed by atoms with E-state index in [1.807, 2.05) is 13.8 Å². The highest BCUT2D eigenvalue weighted by atomic mass is 35.5. The Hall–Kier alpha value is -2.04. The molecule has 0 unspecified atom stereocenters. The van der Waals surface area contributed by atoms with Crippen molar-refractivity contribution in [2.24, 2.45) is 5.92 Å². The number of hydrogen-bond donors (Lipinski definition) is 1. The highest BCUT2D eigenvalue weighted by molar-refractivity contribution is 6.31. The molecule has 0 aromatic heterocycles. The fourth-order valence-corrected chi connectivity index (χ4v) is 3.16. The summed E-state index contributed by atoms with van der Waals surface area (Å²) in [6.07, 6.45) is 3.29. The summed E-state index contributed by atoms with van der Waals surface area (Å²) in [6, 6.07) is 11.4. The van der Waals surface area contributed by atoms with E-state index in [0.717, 1.165) is 25.7 Å². The van der Waals surface area contributed by atoms with Gasteiger partial charge in [0.05, 0.1) is 11.5 Å². The number of hydrogen-bond acceptors (Lipinski definition) is 3. The van der Waals surface area contributed by atoms with Crippen molar-refractivity contribution in [1.29, 1.82) is 0 Å². The summed E-state index contributed by atoms with van der Waals surface area (Å²) in [4.78, 5) is 25.2. The Labute approximate surface area is 169 Å². The van der Waals surface area contributed by atoms with Gasteiger partial charge in [-0.05, 0) is 49.2 Å². The summed E-state index contributed by atoms with van der Waals surface area (Å²) in [7, 11) is 0. The summed E-state index contributed by atoms with van der Waals surface area (Å²) in [5.41, 5.74) is 0.738. The fourth-order valence-electron chi connectivity index (χ4n) is 2.80. The Morgan fingerprint density at radius 2 is 1.67 bits per heavy atom. The number of esters is 1. The van der Waals surface area contributed by atoms with Gasteiger partial charge in [0.2, 0.25) is 0 Å². The molecule has 27 heavy (non-hydrogen) atoms. The molecule has 0 bridgehead atoms. The molecule has 2 aromatic rings. The molecule has 0 aliphatic rings. The van der Waals surface area contributed by atoms with E-state index in [2.05, 4.69) is 5.32 Å². The van der Waals surface area contributed by atoms with E-state index in [-0.39, 0.29) is 23.2 Å². The number of anilines is 1. The second-order valence-corrected chi connectivity index (χ2v) is 7.17. The number of benzene rings is 2. The van der Waals surface area contributed by atoms with E-state index in [0.29, 0.717) is 15.7 Å². The van der Waals surface area contributed by atoms with Crippen LogP contribution in [0.2, 0.25) is 10.0 Å². The molecule has 0 fully saturated rings. The van der Waals surface area contributed by atoms with Gasteiger partial charge in [-0.1, -0.05) is 56.0 Å². The Bertz CT molecular complexity index is 802. The second-order valence-electron chi connectivity index (χ2n) is 6.30. The minimum Gasteiger partial charge on any atom is -0.425 e. The first-order chi connectivity index (χ1) is 12.9. The van der Waals surface area contributed by atoms with Gasteiger partial charge < -0.3 is 10.1 Å². The van der Waals surface area contributed by atoms with Crippen molar-refractivity contribution in [3.63, 3.8) is 0 Å². The molecule has 0 heterocycles. The zero-order chi connectivity index (χ0) is 19.8. The van der Waals surface area contributed by atoms with Gasteiger partial charge in [-0.15, -0.1) is 0 Å². The summed E-state index contributed by atoms with van der Waals surface area (Å²) in [5.74, 6) is -0.733. The third kappa shape index (κ3) is 6.26. The molecule has 144 valence electrons. The van der Waals surface area contributed by atoms with Crippen molar-refractivity contribution in [2.45, 2.75) is 39.5 Å². The molecule has 0 saturated carbocycles. The van der Waals surface area contributed by atoms with Crippen molar-refractivity contribution in [2.75, 3.05) is 5.32 Å². The normalized spacial score (nSPS) is 10.7. The van der Waals surface area contributed by atoms with Crippen LogP contribution in [0.4, 0.5) is 5.69 Å². The number of rotatable bonds is 8. The van der Waals surface area contributed by atoms with Crippen LogP contribution < -0.4 is 10.1 Å². The topological polar surface area (TPSA) is 55.4 Å². The van der Waals surface area contributed by atoms with Gasteiger partial charge in [0.1, 0.15) is 5.75 Å². The average Bonchev–Trinajstić information content (AvgIpc) is 2.63. The fraction of sp³-hybridized carbons (Fsp3) is 0.333. The number of carbonyl (C=O) groups is 2. The maximum atomic E-state index is 12.7. The number of halogens is 2. The van der Waals surface area contributed by atoms with E-state index in [9.17, 15) is 9.59 Å².